The third-order valence-electron chi connectivity index (χ3n) is 2.78. The van der Waals surface area contributed by atoms with E-state index in [2.05, 4.69) is 11.7 Å². The van der Waals surface area contributed by atoms with E-state index in [0.717, 1.165) is 18.6 Å². The predicted octanol–water partition coefficient (Wildman–Crippen LogP) is 5.37. The van der Waals surface area contributed by atoms with Gasteiger partial charge in [-0.2, -0.15) is 0 Å². The minimum absolute atomic E-state index is 0.293. The van der Waals surface area contributed by atoms with E-state index >= 15 is 0 Å². The Balaban J connectivity index is 1.91. The lowest BCUT2D eigenvalue weighted by Gasteiger charge is -2.10. The molecule has 0 amide bonds. The van der Waals surface area contributed by atoms with Gasteiger partial charge in [-0.3, -0.25) is 0 Å². The van der Waals surface area contributed by atoms with Crippen LogP contribution in [0.25, 0.3) is 0 Å². The molecule has 23 heavy (non-hydrogen) atoms. The summed E-state index contributed by atoms with van der Waals surface area (Å²) in [6.07, 6.45) is -3.01. The number of benzene rings is 2. The summed E-state index contributed by atoms with van der Waals surface area (Å²) in [5.41, 5.74) is 0. The Morgan fingerprint density at radius 1 is 0.783 bits per heavy atom. The van der Waals surface area contributed by atoms with Gasteiger partial charge < -0.3 is 14.2 Å². The van der Waals surface area contributed by atoms with Crippen LogP contribution in [0.15, 0.2) is 48.5 Å². The first-order valence-electron chi connectivity index (χ1n) is 7.02. The molecule has 0 bridgehead atoms. The Labute approximate surface area is 132 Å². The normalized spacial score (nSPS) is 11.1. The minimum Gasteiger partial charge on any atom is -0.494 e. The molecule has 0 aromatic heterocycles. The van der Waals surface area contributed by atoms with Crippen LogP contribution in [0.1, 0.15) is 12.8 Å². The highest BCUT2D eigenvalue weighted by Crippen LogP contribution is 2.28. The van der Waals surface area contributed by atoms with Crippen LogP contribution in [-0.4, -0.2) is 13.0 Å². The fourth-order valence-electron chi connectivity index (χ4n) is 1.74. The van der Waals surface area contributed by atoms with E-state index in [-0.39, 0.29) is 5.75 Å². The number of hydrogen-bond donors (Lipinski definition) is 0. The van der Waals surface area contributed by atoms with Crippen LogP contribution in [-0.2, 0) is 0 Å². The zero-order chi connectivity index (χ0) is 16.7. The van der Waals surface area contributed by atoms with Crippen LogP contribution in [0.4, 0.5) is 13.2 Å². The maximum Gasteiger partial charge on any atom is 0.573 e. The molecule has 123 valence electrons. The van der Waals surface area contributed by atoms with Crippen molar-refractivity contribution in [1.29, 1.82) is 0 Å². The molecule has 0 heterocycles. The lowest BCUT2D eigenvalue weighted by Crippen LogP contribution is -2.16. The number of alkyl halides is 3. The SMILES string of the molecule is [CH2]CCCOc1ccc(Oc2ccc(OC(F)(F)F)cc2)cc1. The van der Waals surface area contributed by atoms with Crippen LogP contribution in [0.2, 0.25) is 0 Å². The maximum absolute atomic E-state index is 12.1. The number of ether oxygens (including phenoxy) is 3. The summed E-state index contributed by atoms with van der Waals surface area (Å²) in [5.74, 6) is 1.39. The van der Waals surface area contributed by atoms with Gasteiger partial charge in [-0.05, 0) is 55.0 Å². The van der Waals surface area contributed by atoms with Crippen LogP contribution in [0, 0.1) is 6.92 Å². The molecule has 0 unspecified atom stereocenters. The van der Waals surface area contributed by atoms with Gasteiger partial charge in [-0.25, -0.2) is 0 Å². The molecule has 2 rings (SSSR count). The standard InChI is InChI=1S/C17H16F3O3/c1-2-3-12-21-13-4-6-14(7-5-13)22-15-8-10-16(11-9-15)23-17(18,19)20/h4-11H,1-3,12H2. The van der Waals surface area contributed by atoms with E-state index in [9.17, 15) is 13.2 Å². The van der Waals surface area contributed by atoms with Gasteiger partial charge >= 0.3 is 6.36 Å². The molecular weight excluding hydrogens is 309 g/mol. The summed E-state index contributed by atoms with van der Waals surface area (Å²) in [4.78, 5) is 0. The van der Waals surface area contributed by atoms with E-state index in [0.29, 0.717) is 18.1 Å². The van der Waals surface area contributed by atoms with Gasteiger partial charge in [-0.15, -0.1) is 13.2 Å². The molecular formula is C17H16F3O3. The second-order valence-electron chi connectivity index (χ2n) is 4.65. The number of unbranched alkanes of at least 4 members (excludes halogenated alkanes) is 1. The van der Waals surface area contributed by atoms with Crippen molar-refractivity contribution in [2.45, 2.75) is 19.2 Å². The molecule has 0 aliphatic carbocycles. The second-order valence-corrected chi connectivity index (χ2v) is 4.65. The van der Waals surface area contributed by atoms with Gasteiger partial charge in [0.05, 0.1) is 6.61 Å². The van der Waals surface area contributed by atoms with Gasteiger partial charge in [0.2, 0.25) is 0 Å². The quantitative estimate of drug-likeness (QED) is 0.641. The van der Waals surface area contributed by atoms with Crippen molar-refractivity contribution in [3.05, 3.63) is 55.5 Å². The van der Waals surface area contributed by atoms with Crippen LogP contribution in [0.3, 0.4) is 0 Å². The van der Waals surface area contributed by atoms with Gasteiger partial charge in [0.1, 0.15) is 23.0 Å². The molecule has 1 radical (unpaired) electrons. The summed E-state index contributed by atoms with van der Waals surface area (Å²) in [6, 6.07) is 12.2. The summed E-state index contributed by atoms with van der Waals surface area (Å²) >= 11 is 0. The molecule has 0 spiro atoms. The van der Waals surface area contributed by atoms with E-state index in [4.69, 9.17) is 9.47 Å². The van der Waals surface area contributed by atoms with Gasteiger partial charge in [0, 0.05) is 0 Å². The van der Waals surface area contributed by atoms with Crippen molar-refractivity contribution in [1.82, 2.24) is 0 Å². The lowest BCUT2D eigenvalue weighted by molar-refractivity contribution is -0.274. The molecule has 2 aromatic rings. The van der Waals surface area contributed by atoms with Crippen molar-refractivity contribution in [2.75, 3.05) is 6.61 Å². The Bertz CT molecular complexity index is 592. The van der Waals surface area contributed by atoms with Crippen molar-refractivity contribution >= 4 is 0 Å². The molecule has 0 aliphatic heterocycles. The minimum atomic E-state index is -4.70. The van der Waals surface area contributed by atoms with E-state index in [1.54, 1.807) is 24.3 Å². The summed E-state index contributed by atoms with van der Waals surface area (Å²) in [5, 5.41) is 0. The average molecular weight is 325 g/mol. The third kappa shape index (κ3) is 6.10. The summed E-state index contributed by atoms with van der Waals surface area (Å²) in [6.45, 7) is 4.33. The van der Waals surface area contributed by atoms with E-state index < -0.39 is 6.36 Å². The Hall–Kier alpha value is -2.37. The molecule has 3 nitrogen and oxygen atoms in total. The topological polar surface area (TPSA) is 27.7 Å². The van der Waals surface area contributed by atoms with E-state index in [1.165, 1.54) is 24.3 Å². The van der Waals surface area contributed by atoms with Crippen molar-refractivity contribution in [3.8, 4) is 23.0 Å². The Morgan fingerprint density at radius 2 is 1.26 bits per heavy atom. The molecule has 0 saturated carbocycles. The molecule has 6 heteroatoms. The first-order valence-corrected chi connectivity index (χ1v) is 7.02. The highest BCUT2D eigenvalue weighted by Gasteiger charge is 2.30. The first-order chi connectivity index (χ1) is 11.0. The molecule has 2 aromatic carbocycles. The number of halogens is 3. The van der Waals surface area contributed by atoms with Crippen LogP contribution < -0.4 is 14.2 Å². The Morgan fingerprint density at radius 3 is 1.74 bits per heavy atom. The highest BCUT2D eigenvalue weighted by atomic mass is 19.4. The van der Waals surface area contributed by atoms with Crippen LogP contribution >= 0.6 is 0 Å². The monoisotopic (exact) mass is 325 g/mol. The van der Waals surface area contributed by atoms with Crippen molar-refractivity contribution in [3.63, 3.8) is 0 Å². The third-order valence-corrected chi connectivity index (χ3v) is 2.78. The van der Waals surface area contributed by atoms with Gasteiger partial charge in [0.25, 0.3) is 0 Å². The zero-order valence-electron chi connectivity index (χ0n) is 12.3. The molecule has 0 aliphatic rings. The van der Waals surface area contributed by atoms with Gasteiger partial charge in [0.15, 0.2) is 0 Å². The first kappa shape index (κ1) is 17.0. The smallest absolute Gasteiger partial charge is 0.494 e. The van der Waals surface area contributed by atoms with Crippen molar-refractivity contribution < 1.29 is 27.4 Å². The lowest BCUT2D eigenvalue weighted by atomic mass is 10.3. The maximum atomic E-state index is 12.1. The molecule has 0 N–H and O–H groups in total. The number of rotatable bonds is 7. The largest absolute Gasteiger partial charge is 0.573 e. The average Bonchev–Trinajstić information content (AvgIpc) is 2.50. The molecule has 0 atom stereocenters. The fraction of sp³-hybridized carbons (Fsp3) is 0.235. The summed E-state index contributed by atoms with van der Waals surface area (Å²) in [7, 11) is 0. The van der Waals surface area contributed by atoms with E-state index in [1.807, 2.05) is 0 Å². The highest BCUT2D eigenvalue weighted by molar-refractivity contribution is 5.37. The van der Waals surface area contributed by atoms with Crippen LogP contribution in [0.5, 0.6) is 23.0 Å². The molecule has 0 saturated heterocycles. The zero-order valence-corrected chi connectivity index (χ0v) is 12.3. The second kappa shape index (κ2) is 7.76. The van der Waals surface area contributed by atoms with Crippen molar-refractivity contribution in [2.24, 2.45) is 0 Å². The number of hydrogen-bond acceptors (Lipinski definition) is 3. The van der Waals surface area contributed by atoms with Gasteiger partial charge in [-0.1, -0.05) is 13.3 Å². The molecule has 0 fully saturated rings. The predicted molar refractivity (Wildman–Crippen MR) is 79.7 cm³/mol. The summed E-state index contributed by atoms with van der Waals surface area (Å²) < 4.78 is 51.0. The fourth-order valence-corrected chi connectivity index (χ4v) is 1.74. The Kier molecular flexibility index (Phi) is 5.73.